The largest absolute Gasteiger partial charge is 0.493 e. The maximum Gasteiger partial charge on any atom is 0.203 e. The van der Waals surface area contributed by atoms with E-state index in [1.165, 1.54) is 5.56 Å². The van der Waals surface area contributed by atoms with Crippen molar-refractivity contribution in [3.05, 3.63) is 53.6 Å². The van der Waals surface area contributed by atoms with E-state index < -0.39 is 0 Å². The highest BCUT2D eigenvalue weighted by Gasteiger charge is 2.13. The number of hydrogen-bond donors (Lipinski definition) is 2. The molecule has 0 radical (unpaired) electrons. The molecule has 0 aliphatic rings. The van der Waals surface area contributed by atoms with E-state index in [9.17, 15) is 0 Å². The number of methoxy groups -OCH3 is 3. The molecule has 0 heterocycles. The van der Waals surface area contributed by atoms with Gasteiger partial charge in [-0.1, -0.05) is 30.3 Å². The zero-order valence-electron chi connectivity index (χ0n) is 16.2. The Hall–Kier alpha value is -2.16. The van der Waals surface area contributed by atoms with Crippen LogP contribution in [-0.4, -0.2) is 33.8 Å². The minimum atomic E-state index is 0. The molecule has 0 saturated carbocycles. The van der Waals surface area contributed by atoms with E-state index in [4.69, 9.17) is 14.2 Å². The molecular weight excluding hydrogens is 457 g/mol. The fourth-order valence-corrected chi connectivity index (χ4v) is 2.52. The quantitative estimate of drug-likeness (QED) is 0.340. The Kier molecular flexibility index (Phi) is 10.4. The van der Waals surface area contributed by atoms with Gasteiger partial charge in [-0.2, -0.15) is 0 Å². The number of rotatable bonds is 8. The minimum absolute atomic E-state index is 0. The lowest BCUT2D eigenvalue weighted by molar-refractivity contribution is 0.324. The van der Waals surface area contributed by atoms with Gasteiger partial charge in [-0.15, -0.1) is 24.0 Å². The lowest BCUT2D eigenvalue weighted by Crippen LogP contribution is -2.36. The maximum atomic E-state index is 5.39. The van der Waals surface area contributed by atoms with Crippen LogP contribution < -0.4 is 24.8 Å². The minimum Gasteiger partial charge on any atom is -0.493 e. The van der Waals surface area contributed by atoms with Gasteiger partial charge < -0.3 is 24.8 Å². The molecule has 0 unspecified atom stereocenters. The van der Waals surface area contributed by atoms with Crippen molar-refractivity contribution in [1.82, 2.24) is 10.6 Å². The summed E-state index contributed by atoms with van der Waals surface area (Å²) in [4.78, 5) is 4.65. The van der Waals surface area contributed by atoms with Crippen molar-refractivity contribution in [3.8, 4) is 17.2 Å². The molecule has 0 aliphatic carbocycles. The van der Waals surface area contributed by atoms with Crippen LogP contribution in [0.15, 0.2) is 47.5 Å². The van der Waals surface area contributed by atoms with Crippen molar-refractivity contribution in [3.63, 3.8) is 0 Å². The second kappa shape index (κ2) is 12.3. The SMILES string of the molecule is CCNC(=NCc1cc(OC)c(OC)c(OC)c1)NCc1ccccc1.I. The molecule has 2 N–H and O–H groups in total. The fourth-order valence-electron chi connectivity index (χ4n) is 2.52. The van der Waals surface area contributed by atoms with Gasteiger partial charge in [-0.25, -0.2) is 4.99 Å². The Morgan fingerprint density at radius 1 is 0.889 bits per heavy atom. The van der Waals surface area contributed by atoms with Crippen molar-refractivity contribution >= 4 is 29.9 Å². The molecule has 0 aromatic heterocycles. The normalized spacial score (nSPS) is 10.6. The molecule has 6 nitrogen and oxygen atoms in total. The summed E-state index contributed by atoms with van der Waals surface area (Å²) in [6.45, 7) is 4.03. The first kappa shape index (κ1) is 22.9. The highest BCUT2D eigenvalue weighted by Crippen LogP contribution is 2.38. The summed E-state index contributed by atoms with van der Waals surface area (Å²) in [5.74, 6) is 2.58. The standard InChI is InChI=1S/C20H27N3O3.HI/c1-5-21-20(22-13-15-9-7-6-8-10-15)23-14-16-11-17(24-2)19(26-4)18(12-16)25-3;/h6-12H,5,13-14H2,1-4H3,(H2,21,22,23);1H. The van der Waals surface area contributed by atoms with E-state index in [2.05, 4.69) is 27.8 Å². The molecule has 0 bridgehead atoms. The lowest BCUT2D eigenvalue weighted by atomic mass is 10.2. The zero-order chi connectivity index (χ0) is 18.8. The van der Waals surface area contributed by atoms with Gasteiger partial charge in [0.15, 0.2) is 17.5 Å². The molecule has 0 spiro atoms. The van der Waals surface area contributed by atoms with E-state index in [0.717, 1.165) is 18.1 Å². The molecular formula is C20H28IN3O3. The number of ether oxygens (including phenoxy) is 3. The molecule has 0 fully saturated rings. The Balaban J connectivity index is 0.00000364. The van der Waals surface area contributed by atoms with Gasteiger partial charge in [0.1, 0.15) is 0 Å². The highest BCUT2D eigenvalue weighted by atomic mass is 127. The average Bonchev–Trinajstić information content (AvgIpc) is 2.69. The summed E-state index contributed by atoms with van der Waals surface area (Å²) in [6, 6.07) is 14.0. The number of hydrogen-bond acceptors (Lipinski definition) is 4. The number of nitrogens with zero attached hydrogens (tertiary/aromatic N) is 1. The number of halogens is 1. The van der Waals surface area contributed by atoms with E-state index in [1.54, 1.807) is 21.3 Å². The zero-order valence-corrected chi connectivity index (χ0v) is 18.6. The fraction of sp³-hybridized carbons (Fsp3) is 0.350. The van der Waals surface area contributed by atoms with Gasteiger partial charge >= 0.3 is 0 Å². The summed E-state index contributed by atoms with van der Waals surface area (Å²) in [5.41, 5.74) is 2.17. The molecule has 2 aromatic carbocycles. The van der Waals surface area contributed by atoms with Crippen molar-refractivity contribution < 1.29 is 14.2 Å². The molecule has 2 aromatic rings. The summed E-state index contributed by atoms with van der Waals surface area (Å²) < 4.78 is 16.1. The number of aliphatic imine (C=N–C) groups is 1. The molecule has 2 rings (SSSR count). The molecule has 148 valence electrons. The Labute approximate surface area is 178 Å². The van der Waals surface area contributed by atoms with E-state index >= 15 is 0 Å². The van der Waals surface area contributed by atoms with Gasteiger partial charge in [0.05, 0.1) is 27.9 Å². The van der Waals surface area contributed by atoms with Crippen LogP contribution in [0.4, 0.5) is 0 Å². The van der Waals surface area contributed by atoms with Gasteiger partial charge in [0, 0.05) is 13.1 Å². The first-order valence-electron chi connectivity index (χ1n) is 8.56. The first-order chi connectivity index (χ1) is 12.7. The Morgan fingerprint density at radius 3 is 2.04 bits per heavy atom. The van der Waals surface area contributed by atoms with Crippen LogP contribution in [-0.2, 0) is 13.1 Å². The first-order valence-corrected chi connectivity index (χ1v) is 8.56. The van der Waals surface area contributed by atoms with Crippen LogP contribution >= 0.6 is 24.0 Å². The predicted molar refractivity (Wildman–Crippen MR) is 120 cm³/mol. The van der Waals surface area contributed by atoms with Gasteiger partial charge in [0.2, 0.25) is 5.75 Å². The lowest BCUT2D eigenvalue weighted by Gasteiger charge is -2.14. The molecule has 0 aliphatic heterocycles. The van der Waals surface area contributed by atoms with Gasteiger partial charge in [0.25, 0.3) is 0 Å². The molecule has 0 amide bonds. The Bertz CT molecular complexity index is 699. The monoisotopic (exact) mass is 485 g/mol. The van der Waals surface area contributed by atoms with E-state index in [1.807, 2.05) is 37.3 Å². The summed E-state index contributed by atoms with van der Waals surface area (Å²) >= 11 is 0. The predicted octanol–water partition coefficient (Wildman–Crippen LogP) is 3.59. The summed E-state index contributed by atoms with van der Waals surface area (Å²) in [6.07, 6.45) is 0. The van der Waals surface area contributed by atoms with Gasteiger partial charge in [-0.3, -0.25) is 0 Å². The van der Waals surface area contributed by atoms with Crippen LogP contribution in [0.5, 0.6) is 17.2 Å². The molecule has 0 saturated heterocycles. The van der Waals surface area contributed by atoms with Crippen molar-refractivity contribution in [2.45, 2.75) is 20.0 Å². The third-order valence-electron chi connectivity index (χ3n) is 3.79. The van der Waals surface area contributed by atoms with Gasteiger partial charge in [-0.05, 0) is 30.2 Å². The topological polar surface area (TPSA) is 64.1 Å². The molecule has 7 heteroatoms. The third kappa shape index (κ3) is 6.82. The smallest absolute Gasteiger partial charge is 0.203 e. The van der Waals surface area contributed by atoms with Crippen molar-refractivity contribution in [2.24, 2.45) is 4.99 Å². The number of benzene rings is 2. The van der Waals surface area contributed by atoms with E-state index in [-0.39, 0.29) is 24.0 Å². The van der Waals surface area contributed by atoms with Crippen molar-refractivity contribution in [2.75, 3.05) is 27.9 Å². The maximum absolute atomic E-state index is 5.39. The van der Waals surface area contributed by atoms with Crippen molar-refractivity contribution in [1.29, 1.82) is 0 Å². The summed E-state index contributed by atoms with van der Waals surface area (Å²) in [7, 11) is 4.81. The summed E-state index contributed by atoms with van der Waals surface area (Å²) in [5, 5.41) is 6.59. The van der Waals surface area contributed by atoms with Crippen LogP contribution in [0.25, 0.3) is 0 Å². The van der Waals surface area contributed by atoms with Crippen LogP contribution in [0.3, 0.4) is 0 Å². The highest BCUT2D eigenvalue weighted by molar-refractivity contribution is 14.0. The van der Waals surface area contributed by atoms with E-state index in [0.29, 0.717) is 30.3 Å². The van der Waals surface area contributed by atoms with Crippen LogP contribution in [0, 0.1) is 0 Å². The molecule has 0 atom stereocenters. The number of nitrogens with one attached hydrogen (secondary N) is 2. The third-order valence-corrected chi connectivity index (χ3v) is 3.79. The second-order valence-electron chi connectivity index (χ2n) is 5.57. The number of guanidine groups is 1. The average molecular weight is 485 g/mol. The van der Waals surface area contributed by atoms with Crippen LogP contribution in [0.2, 0.25) is 0 Å². The Morgan fingerprint density at radius 2 is 1.52 bits per heavy atom. The van der Waals surface area contributed by atoms with Crippen LogP contribution in [0.1, 0.15) is 18.1 Å². The second-order valence-corrected chi connectivity index (χ2v) is 5.57. The molecule has 27 heavy (non-hydrogen) atoms.